The lowest BCUT2D eigenvalue weighted by atomic mass is 10.2. The van der Waals surface area contributed by atoms with Gasteiger partial charge in [0.2, 0.25) is 0 Å². The number of nitrogens with one attached hydrogen (secondary N) is 1. The Morgan fingerprint density at radius 1 is 1.45 bits per heavy atom. The van der Waals surface area contributed by atoms with E-state index in [-0.39, 0.29) is 0 Å². The second-order valence-electron chi connectivity index (χ2n) is 6.36. The minimum Gasteiger partial charge on any atom is -0.360 e. The van der Waals surface area contributed by atoms with Crippen molar-refractivity contribution in [2.45, 2.75) is 65.6 Å². The van der Waals surface area contributed by atoms with E-state index >= 15 is 0 Å². The van der Waals surface area contributed by atoms with Crippen LogP contribution in [0, 0.1) is 5.92 Å². The molecule has 0 aliphatic heterocycles. The molecule has 0 unspecified atom stereocenters. The smallest absolute Gasteiger partial charge is 0.151 e. The summed E-state index contributed by atoms with van der Waals surface area (Å²) in [4.78, 5) is 2.55. The summed E-state index contributed by atoms with van der Waals surface area (Å²) >= 11 is 0. The summed E-state index contributed by atoms with van der Waals surface area (Å²) in [6, 6.07) is 2.89. The molecule has 4 nitrogen and oxygen atoms in total. The lowest BCUT2D eigenvalue weighted by molar-refractivity contribution is 0.218. The summed E-state index contributed by atoms with van der Waals surface area (Å²) in [6.07, 6.45) is 5.22. The van der Waals surface area contributed by atoms with E-state index in [1.54, 1.807) is 0 Å². The molecule has 0 radical (unpaired) electrons. The van der Waals surface area contributed by atoms with Crippen LogP contribution in [0.3, 0.4) is 0 Å². The molecule has 0 aromatic carbocycles. The molecule has 2 rings (SSSR count). The first-order valence-electron chi connectivity index (χ1n) is 8.08. The molecule has 0 amide bonds. The van der Waals surface area contributed by atoms with Crippen LogP contribution in [0.15, 0.2) is 10.6 Å². The molecule has 114 valence electrons. The third-order valence-corrected chi connectivity index (χ3v) is 3.69. The zero-order valence-electron chi connectivity index (χ0n) is 13.2. The number of hydrogen-bond acceptors (Lipinski definition) is 4. The Morgan fingerprint density at radius 3 is 2.90 bits per heavy atom. The van der Waals surface area contributed by atoms with Crippen LogP contribution in [-0.2, 0) is 13.1 Å². The number of unbranched alkanes of at least 4 members (excludes halogenated alkanes) is 1. The van der Waals surface area contributed by atoms with Crippen molar-refractivity contribution in [3.05, 3.63) is 17.5 Å². The second-order valence-corrected chi connectivity index (χ2v) is 6.36. The van der Waals surface area contributed by atoms with Crippen LogP contribution >= 0.6 is 0 Å². The van der Waals surface area contributed by atoms with Crippen molar-refractivity contribution in [3.63, 3.8) is 0 Å². The lowest BCUT2D eigenvalue weighted by Gasteiger charge is -2.19. The van der Waals surface area contributed by atoms with Gasteiger partial charge in [0.1, 0.15) is 0 Å². The predicted octanol–water partition coefficient (Wildman–Crippen LogP) is 3.18. The highest BCUT2D eigenvalue weighted by atomic mass is 16.5. The first kappa shape index (κ1) is 15.5. The van der Waals surface area contributed by atoms with E-state index in [9.17, 15) is 0 Å². The fraction of sp³-hybridized carbons (Fsp3) is 0.812. The van der Waals surface area contributed by atoms with Gasteiger partial charge in [-0.3, -0.25) is 4.90 Å². The highest BCUT2D eigenvalue weighted by molar-refractivity contribution is 5.06. The van der Waals surface area contributed by atoms with Crippen LogP contribution in [0.4, 0.5) is 0 Å². The quantitative estimate of drug-likeness (QED) is 0.714. The Balaban J connectivity index is 1.78. The van der Waals surface area contributed by atoms with Crippen molar-refractivity contribution in [3.8, 4) is 0 Å². The summed E-state index contributed by atoms with van der Waals surface area (Å²) in [5, 5.41) is 7.56. The first-order valence-corrected chi connectivity index (χ1v) is 8.08. The third-order valence-electron chi connectivity index (χ3n) is 3.69. The Hall–Kier alpha value is -0.870. The maximum atomic E-state index is 5.48. The normalized spacial score (nSPS) is 15.4. The van der Waals surface area contributed by atoms with Gasteiger partial charge in [-0.25, -0.2) is 0 Å². The number of nitrogens with zero attached hydrogens (tertiary/aromatic N) is 2. The molecule has 1 heterocycles. The van der Waals surface area contributed by atoms with Gasteiger partial charge < -0.3 is 9.84 Å². The lowest BCUT2D eigenvalue weighted by Crippen LogP contribution is -2.26. The molecule has 1 N–H and O–H groups in total. The Bertz CT molecular complexity index is 385. The summed E-state index contributed by atoms with van der Waals surface area (Å²) in [5.41, 5.74) is 1.02. The molecule has 1 aliphatic carbocycles. The molecule has 0 spiro atoms. The number of aromatic nitrogens is 1. The van der Waals surface area contributed by atoms with E-state index in [4.69, 9.17) is 4.52 Å². The molecular weight excluding hydrogens is 250 g/mol. The molecule has 1 aromatic rings. The highest BCUT2D eigenvalue weighted by Gasteiger charge is 2.29. The Kier molecular flexibility index (Phi) is 6.05. The van der Waals surface area contributed by atoms with Gasteiger partial charge in [0, 0.05) is 18.7 Å². The molecule has 1 aliphatic rings. The Labute approximate surface area is 122 Å². The second kappa shape index (κ2) is 7.79. The summed E-state index contributed by atoms with van der Waals surface area (Å²) in [5.74, 6) is 1.68. The van der Waals surface area contributed by atoms with E-state index in [1.165, 1.54) is 32.2 Å². The fourth-order valence-corrected chi connectivity index (χ4v) is 2.39. The molecule has 20 heavy (non-hydrogen) atoms. The van der Waals surface area contributed by atoms with Crippen molar-refractivity contribution in [1.29, 1.82) is 0 Å². The molecule has 1 aromatic heterocycles. The van der Waals surface area contributed by atoms with Gasteiger partial charge in [0.15, 0.2) is 5.76 Å². The van der Waals surface area contributed by atoms with Crippen LogP contribution < -0.4 is 5.32 Å². The van der Waals surface area contributed by atoms with E-state index in [2.05, 4.69) is 42.2 Å². The molecule has 1 saturated carbocycles. The molecular formula is C16H29N3O. The SMILES string of the molecule is CCCCN(Cc1cc(CNCC(C)C)no1)C1CC1. The topological polar surface area (TPSA) is 41.3 Å². The first-order chi connectivity index (χ1) is 9.69. The van der Waals surface area contributed by atoms with E-state index < -0.39 is 0 Å². The monoisotopic (exact) mass is 279 g/mol. The number of rotatable bonds is 10. The van der Waals surface area contributed by atoms with Crippen molar-refractivity contribution in [1.82, 2.24) is 15.4 Å². The van der Waals surface area contributed by atoms with Crippen molar-refractivity contribution >= 4 is 0 Å². The van der Waals surface area contributed by atoms with E-state index in [0.29, 0.717) is 5.92 Å². The Morgan fingerprint density at radius 2 is 2.25 bits per heavy atom. The standard InChI is InChI=1S/C16H29N3O/c1-4-5-8-19(15-6-7-15)12-16-9-14(18-20-16)11-17-10-13(2)3/h9,13,15,17H,4-8,10-12H2,1-3H3. The summed E-state index contributed by atoms with van der Waals surface area (Å²) < 4.78 is 5.48. The largest absolute Gasteiger partial charge is 0.360 e. The molecule has 0 bridgehead atoms. The van der Waals surface area contributed by atoms with Crippen molar-refractivity contribution in [2.24, 2.45) is 5.92 Å². The molecule has 1 fully saturated rings. The maximum Gasteiger partial charge on any atom is 0.151 e. The average Bonchev–Trinajstić information content (AvgIpc) is 3.16. The van der Waals surface area contributed by atoms with E-state index in [1.807, 2.05) is 0 Å². The van der Waals surface area contributed by atoms with Crippen LogP contribution in [0.2, 0.25) is 0 Å². The van der Waals surface area contributed by atoms with Gasteiger partial charge in [-0.1, -0.05) is 32.3 Å². The van der Waals surface area contributed by atoms with Gasteiger partial charge >= 0.3 is 0 Å². The maximum absolute atomic E-state index is 5.48. The zero-order valence-corrected chi connectivity index (χ0v) is 13.2. The highest BCUT2D eigenvalue weighted by Crippen LogP contribution is 2.28. The zero-order chi connectivity index (χ0) is 14.4. The van der Waals surface area contributed by atoms with Crippen molar-refractivity contribution in [2.75, 3.05) is 13.1 Å². The summed E-state index contributed by atoms with van der Waals surface area (Å²) in [7, 11) is 0. The molecule has 4 heteroatoms. The van der Waals surface area contributed by atoms with Gasteiger partial charge in [-0.15, -0.1) is 0 Å². The van der Waals surface area contributed by atoms with Crippen molar-refractivity contribution < 1.29 is 4.52 Å². The minimum atomic E-state index is 0.667. The van der Waals surface area contributed by atoms with Crippen LogP contribution in [-0.4, -0.2) is 29.2 Å². The average molecular weight is 279 g/mol. The number of hydrogen-bond donors (Lipinski definition) is 1. The van der Waals surface area contributed by atoms with Crippen LogP contribution in [0.1, 0.15) is 57.9 Å². The predicted molar refractivity (Wildman–Crippen MR) is 81.4 cm³/mol. The molecule has 0 atom stereocenters. The van der Waals surface area contributed by atoms with Crippen LogP contribution in [0.25, 0.3) is 0 Å². The fourth-order valence-electron chi connectivity index (χ4n) is 2.39. The third kappa shape index (κ3) is 5.25. The van der Waals surface area contributed by atoms with Crippen LogP contribution in [0.5, 0.6) is 0 Å². The van der Waals surface area contributed by atoms with Gasteiger partial charge in [-0.05, 0) is 38.3 Å². The molecule has 0 saturated heterocycles. The summed E-state index contributed by atoms with van der Waals surface area (Å²) in [6.45, 7) is 10.6. The van der Waals surface area contributed by atoms with Gasteiger partial charge in [0.05, 0.1) is 12.2 Å². The van der Waals surface area contributed by atoms with Gasteiger partial charge in [0.25, 0.3) is 0 Å². The van der Waals surface area contributed by atoms with Gasteiger partial charge in [-0.2, -0.15) is 0 Å². The minimum absolute atomic E-state index is 0.667. The van der Waals surface area contributed by atoms with E-state index in [0.717, 1.165) is 37.1 Å².